The first-order valence-corrected chi connectivity index (χ1v) is 6.95. The van der Waals surface area contributed by atoms with Gasteiger partial charge in [-0.15, -0.1) is 11.3 Å². The summed E-state index contributed by atoms with van der Waals surface area (Å²) in [6.07, 6.45) is 3.88. The minimum absolute atomic E-state index is 0.257. The molecule has 3 nitrogen and oxygen atoms in total. The highest BCUT2D eigenvalue weighted by Gasteiger charge is 2.20. The third-order valence-corrected chi connectivity index (χ3v) is 4.03. The second-order valence-corrected chi connectivity index (χ2v) is 5.14. The molecule has 0 N–H and O–H groups in total. The number of carbonyl (C=O) groups excluding carboxylic acids is 1. The van der Waals surface area contributed by atoms with Crippen LogP contribution in [-0.4, -0.2) is 17.1 Å². The Morgan fingerprint density at radius 1 is 1.21 bits per heavy atom. The van der Waals surface area contributed by atoms with Crippen LogP contribution in [0.5, 0.6) is 0 Å². The number of hydrogen-bond acceptors (Lipinski definition) is 3. The average Bonchev–Trinajstić information content (AvgIpc) is 3.05. The Balaban J connectivity index is 2.26. The fourth-order valence-corrected chi connectivity index (χ4v) is 3.20. The van der Waals surface area contributed by atoms with E-state index in [0.717, 1.165) is 15.8 Å². The van der Waals surface area contributed by atoms with E-state index in [4.69, 9.17) is 4.74 Å². The fourth-order valence-electron chi connectivity index (χ4n) is 2.11. The van der Waals surface area contributed by atoms with Gasteiger partial charge in [0, 0.05) is 22.5 Å². The molecule has 0 aliphatic carbocycles. The van der Waals surface area contributed by atoms with E-state index in [9.17, 15) is 4.79 Å². The molecule has 0 amide bonds. The van der Waals surface area contributed by atoms with Crippen molar-refractivity contribution in [1.29, 1.82) is 0 Å². The molecular formula is C15H13NO2S. The van der Waals surface area contributed by atoms with Gasteiger partial charge in [0.25, 0.3) is 0 Å². The number of aromatic nitrogens is 1. The summed E-state index contributed by atoms with van der Waals surface area (Å²) < 4.78 is 8.21. The third-order valence-electron chi connectivity index (χ3n) is 2.89. The fraction of sp³-hybridized carbons (Fsp3) is 0.133. The average molecular weight is 271 g/mol. The highest BCUT2D eigenvalue weighted by atomic mass is 32.1. The van der Waals surface area contributed by atoms with E-state index in [1.807, 2.05) is 60.3 Å². The normalized spacial score (nSPS) is 10.8. The molecule has 0 aliphatic heterocycles. The molecule has 0 radical (unpaired) electrons. The smallest absolute Gasteiger partial charge is 0.350 e. The molecule has 96 valence electrons. The van der Waals surface area contributed by atoms with Gasteiger partial charge in [-0.25, -0.2) is 4.79 Å². The van der Waals surface area contributed by atoms with Gasteiger partial charge in [0.2, 0.25) is 0 Å². The van der Waals surface area contributed by atoms with Gasteiger partial charge < -0.3 is 9.30 Å². The molecule has 1 aromatic carbocycles. The summed E-state index contributed by atoms with van der Waals surface area (Å²) in [4.78, 5) is 12.8. The van der Waals surface area contributed by atoms with Crippen LogP contribution >= 0.6 is 11.3 Å². The van der Waals surface area contributed by atoms with Crippen LogP contribution in [0.15, 0.2) is 48.8 Å². The summed E-state index contributed by atoms with van der Waals surface area (Å²) in [5.74, 6) is -0.257. The Morgan fingerprint density at radius 2 is 1.95 bits per heavy atom. The lowest BCUT2D eigenvalue weighted by molar-refractivity contribution is 0.0532. The Hall–Kier alpha value is -2.07. The SMILES string of the molecule is CCOC(=O)c1sc2ccccc2c1-n1cccc1. The molecule has 0 atom stereocenters. The Labute approximate surface area is 115 Å². The van der Waals surface area contributed by atoms with Crippen LogP contribution < -0.4 is 0 Å². The number of benzene rings is 1. The van der Waals surface area contributed by atoms with E-state index in [-0.39, 0.29) is 5.97 Å². The maximum absolute atomic E-state index is 12.1. The highest BCUT2D eigenvalue weighted by Crippen LogP contribution is 2.34. The topological polar surface area (TPSA) is 31.2 Å². The lowest BCUT2D eigenvalue weighted by Crippen LogP contribution is -2.06. The van der Waals surface area contributed by atoms with Crippen molar-refractivity contribution in [1.82, 2.24) is 4.57 Å². The quantitative estimate of drug-likeness (QED) is 0.677. The maximum atomic E-state index is 12.1. The number of esters is 1. The van der Waals surface area contributed by atoms with E-state index in [1.54, 1.807) is 0 Å². The van der Waals surface area contributed by atoms with Crippen LogP contribution in [0.3, 0.4) is 0 Å². The molecular weight excluding hydrogens is 258 g/mol. The van der Waals surface area contributed by atoms with Gasteiger partial charge in [0.05, 0.1) is 12.3 Å². The van der Waals surface area contributed by atoms with Gasteiger partial charge in [-0.2, -0.15) is 0 Å². The van der Waals surface area contributed by atoms with Crippen LogP contribution in [0, 0.1) is 0 Å². The Bertz CT molecular complexity index is 713. The van der Waals surface area contributed by atoms with Gasteiger partial charge in [-0.05, 0) is 25.1 Å². The van der Waals surface area contributed by atoms with Crippen molar-refractivity contribution >= 4 is 27.4 Å². The van der Waals surface area contributed by atoms with E-state index in [2.05, 4.69) is 0 Å². The van der Waals surface area contributed by atoms with Crippen LogP contribution in [0.1, 0.15) is 16.6 Å². The number of rotatable bonds is 3. The molecule has 0 saturated carbocycles. The van der Waals surface area contributed by atoms with Crippen molar-refractivity contribution in [2.75, 3.05) is 6.61 Å². The van der Waals surface area contributed by atoms with E-state index in [0.29, 0.717) is 11.5 Å². The van der Waals surface area contributed by atoms with Crippen molar-refractivity contribution in [3.8, 4) is 5.69 Å². The van der Waals surface area contributed by atoms with Crippen LogP contribution in [0.2, 0.25) is 0 Å². The first-order chi connectivity index (χ1) is 9.31. The van der Waals surface area contributed by atoms with E-state index in [1.165, 1.54) is 11.3 Å². The van der Waals surface area contributed by atoms with E-state index >= 15 is 0 Å². The molecule has 0 aliphatic rings. The predicted octanol–water partition coefficient (Wildman–Crippen LogP) is 3.87. The minimum Gasteiger partial charge on any atom is -0.462 e. The second kappa shape index (κ2) is 4.90. The number of fused-ring (bicyclic) bond motifs is 1. The van der Waals surface area contributed by atoms with Gasteiger partial charge in [0.1, 0.15) is 4.88 Å². The second-order valence-electron chi connectivity index (χ2n) is 4.09. The monoisotopic (exact) mass is 271 g/mol. The van der Waals surface area contributed by atoms with Crippen LogP contribution in [0.25, 0.3) is 15.8 Å². The summed E-state index contributed by atoms with van der Waals surface area (Å²) in [5.41, 5.74) is 0.907. The third kappa shape index (κ3) is 2.04. The van der Waals surface area contributed by atoms with Crippen molar-refractivity contribution in [3.05, 3.63) is 53.7 Å². The van der Waals surface area contributed by atoms with Gasteiger partial charge >= 0.3 is 5.97 Å². The van der Waals surface area contributed by atoms with Gasteiger partial charge in [-0.1, -0.05) is 18.2 Å². The molecule has 0 saturated heterocycles. The van der Waals surface area contributed by atoms with Crippen molar-refractivity contribution < 1.29 is 9.53 Å². The number of nitrogens with zero attached hydrogens (tertiary/aromatic N) is 1. The maximum Gasteiger partial charge on any atom is 0.350 e. The molecule has 2 heterocycles. The highest BCUT2D eigenvalue weighted by molar-refractivity contribution is 7.21. The molecule has 0 spiro atoms. The first-order valence-electron chi connectivity index (χ1n) is 6.13. The molecule has 0 unspecified atom stereocenters. The first kappa shape index (κ1) is 12.0. The molecule has 19 heavy (non-hydrogen) atoms. The molecule has 3 rings (SSSR count). The standard InChI is InChI=1S/C15H13NO2S/c1-2-18-15(17)14-13(16-9-5-6-10-16)11-7-3-4-8-12(11)19-14/h3-10H,2H2,1H3. The van der Waals surface area contributed by atoms with Crippen LogP contribution in [-0.2, 0) is 4.74 Å². The van der Waals surface area contributed by atoms with Crippen molar-refractivity contribution in [2.45, 2.75) is 6.92 Å². The number of ether oxygens (including phenoxy) is 1. The lowest BCUT2D eigenvalue weighted by atomic mass is 10.2. The summed E-state index contributed by atoms with van der Waals surface area (Å²) in [7, 11) is 0. The summed E-state index contributed by atoms with van der Waals surface area (Å²) >= 11 is 1.47. The number of thiophene rings is 1. The molecule has 0 bridgehead atoms. The van der Waals surface area contributed by atoms with E-state index < -0.39 is 0 Å². The summed E-state index contributed by atoms with van der Waals surface area (Å²) in [5, 5.41) is 1.08. The zero-order valence-corrected chi connectivity index (χ0v) is 11.3. The van der Waals surface area contributed by atoms with Crippen molar-refractivity contribution in [2.24, 2.45) is 0 Å². The number of carbonyl (C=O) groups is 1. The Morgan fingerprint density at radius 3 is 2.68 bits per heavy atom. The zero-order valence-electron chi connectivity index (χ0n) is 10.5. The predicted molar refractivity (Wildman–Crippen MR) is 77.1 cm³/mol. The molecule has 2 aromatic heterocycles. The summed E-state index contributed by atoms with van der Waals surface area (Å²) in [6, 6.07) is 11.9. The lowest BCUT2D eigenvalue weighted by Gasteiger charge is -2.05. The Kier molecular flexibility index (Phi) is 3.09. The van der Waals surface area contributed by atoms with Gasteiger partial charge in [-0.3, -0.25) is 0 Å². The van der Waals surface area contributed by atoms with Crippen molar-refractivity contribution in [3.63, 3.8) is 0 Å². The molecule has 3 aromatic rings. The minimum atomic E-state index is -0.257. The summed E-state index contributed by atoms with van der Waals surface area (Å²) in [6.45, 7) is 2.21. The largest absolute Gasteiger partial charge is 0.462 e. The van der Waals surface area contributed by atoms with Gasteiger partial charge in [0.15, 0.2) is 0 Å². The van der Waals surface area contributed by atoms with Crippen LogP contribution in [0.4, 0.5) is 0 Å². The molecule has 0 fully saturated rings. The zero-order chi connectivity index (χ0) is 13.2. The number of hydrogen-bond donors (Lipinski definition) is 0. The molecule has 4 heteroatoms.